The molecule has 0 saturated heterocycles. The van der Waals surface area contributed by atoms with Crippen LogP contribution in [0.4, 0.5) is 17.3 Å². The molecule has 2 rings (SSSR count). The van der Waals surface area contributed by atoms with Crippen LogP contribution in [-0.4, -0.2) is 21.8 Å². The Labute approximate surface area is 108 Å². The lowest BCUT2D eigenvalue weighted by Crippen LogP contribution is -2.02. The first-order valence-electron chi connectivity index (χ1n) is 5.29. The van der Waals surface area contributed by atoms with E-state index in [4.69, 9.17) is 11.0 Å². The van der Waals surface area contributed by atoms with Crippen molar-refractivity contribution in [2.45, 2.75) is 0 Å². The molecule has 0 aliphatic rings. The van der Waals surface area contributed by atoms with Gasteiger partial charge in [0.2, 0.25) is 0 Å². The number of aromatic nitrogens is 2. The molecule has 0 saturated carbocycles. The first-order valence-corrected chi connectivity index (χ1v) is 5.29. The molecular formula is C11H10N6O2. The molecule has 0 atom stereocenters. The second kappa shape index (κ2) is 4.66. The van der Waals surface area contributed by atoms with Crippen LogP contribution in [0.2, 0.25) is 0 Å². The predicted octanol–water partition coefficient (Wildman–Crippen LogP) is 1.28. The Morgan fingerprint density at radius 2 is 2.11 bits per heavy atom. The lowest BCUT2D eigenvalue weighted by molar-refractivity contribution is -0.384. The molecule has 0 aliphatic heterocycles. The lowest BCUT2D eigenvalue weighted by Gasteiger charge is -2.02. The molecule has 8 nitrogen and oxygen atoms in total. The van der Waals surface area contributed by atoms with Gasteiger partial charge in [0, 0.05) is 19.2 Å². The van der Waals surface area contributed by atoms with Gasteiger partial charge in [-0.1, -0.05) is 0 Å². The van der Waals surface area contributed by atoms with Gasteiger partial charge < -0.3 is 11.1 Å². The lowest BCUT2D eigenvalue weighted by atomic mass is 10.3. The maximum atomic E-state index is 10.6. The zero-order chi connectivity index (χ0) is 14.0. The van der Waals surface area contributed by atoms with Crippen molar-refractivity contribution in [2.24, 2.45) is 0 Å². The SMILES string of the molecule is CNc1nn(-c2ccc([N+](=O)[O-])cc2)c(N)c1C#N. The predicted molar refractivity (Wildman–Crippen MR) is 68.9 cm³/mol. The maximum Gasteiger partial charge on any atom is 0.269 e. The van der Waals surface area contributed by atoms with Gasteiger partial charge >= 0.3 is 0 Å². The molecule has 19 heavy (non-hydrogen) atoms. The van der Waals surface area contributed by atoms with Crippen LogP contribution in [-0.2, 0) is 0 Å². The Morgan fingerprint density at radius 1 is 1.47 bits per heavy atom. The summed E-state index contributed by atoms with van der Waals surface area (Å²) < 4.78 is 1.36. The summed E-state index contributed by atoms with van der Waals surface area (Å²) in [6.07, 6.45) is 0. The molecular weight excluding hydrogens is 248 g/mol. The van der Waals surface area contributed by atoms with Crippen molar-refractivity contribution in [3.05, 3.63) is 39.9 Å². The van der Waals surface area contributed by atoms with Crippen LogP contribution in [0, 0.1) is 21.4 Å². The summed E-state index contributed by atoms with van der Waals surface area (Å²) in [4.78, 5) is 10.1. The molecule has 0 spiro atoms. The van der Waals surface area contributed by atoms with Crippen LogP contribution in [0.5, 0.6) is 0 Å². The molecule has 1 aromatic heterocycles. The van der Waals surface area contributed by atoms with Crippen molar-refractivity contribution in [1.82, 2.24) is 9.78 Å². The van der Waals surface area contributed by atoms with Gasteiger partial charge in [-0.15, -0.1) is 5.10 Å². The van der Waals surface area contributed by atoms with Crippen molar-refractivity contribution in [1.29, 1.82) is 5.26 Å². The average molecular weight is 258 g/mol. The summed E-state index contributed by atoms with van der Waals surface area (Å²) in [5.74, 6) is 0.541. The van der Waals surface area contributed by atoms with Gasteiger partial charge in [-0.2, -0.15) is 5.26 Å². The molecule has 0 bridgehead atoms. The number of nitrogens with zero attached hydrogens (tertiary/aromatic N) is 4. The molecule has 8 heteroatoms. The van der Waals surface area contributed by atoms with E-state index in [0.717, 1.165) is 0 Å². The Kier molecular flexibility index (Phi) is 3.03. The molecule has 0 fully saturated rings. The van der Waals surface area contributed by atoms with Gasteiger partial charge in [0.05, 0.1) is 10.6 Å². The Morgan fingerprint density at radius 3 is 2.53 bits per heavy atom. The number of hydrogen-bond acceptors (Lipinski definition) is 6. The average Bonchev–Trinajstić information content (AvgIpc) is 2.75. The van der Waals surface area contributed by atoms with Crippen LogP contribution in [0.1, 0.15) is 5.56 Å². The van der Waals surface area contributed by atoms with Crippen molar-refractivity contribution in [3.8, 4) is 11.8 Å². The molecule has 1 heterocycles. The van der Waals surface area contributed by atoms with E-state index in [1.54, 1.807) is 7.05 Å². The minimum absolute atomic E-state index is 0.0242. The van der Waals surface area contributed by atoms with Gasteiger partial charge in [0.1, 0.15) is 17.5 Å². The highest BCUT2D eigenvalue weighted by Gasteiger charge is 2.16. The number of non-ortho nitro benzene ring substituents is 1. The molecule has 96 valence electrons. The fourth-order valence-electron chi connectivity index (χ4n) is 1.63. The highest BCUT2D eigenvalue weighted by atomic mass is 16.6. The summed E-state index contributed by atoms with van der Waals surface area (Å²) in [6.45, 7) is 0. The van der Waals surface area contributed by atoms with Crippen LogP contribution in [0.15, 0.2) is 24.3 Å². The van der Waals surface area contributed by atoms with Crippen molar-refractivity contribution < 1.29 is 4.92 Å². The molecule has 1 aromatic carbocycles. The summed E-state index contributed by atoms with van der Waals surface area (Å²) in [6, 6.07) is 7.68. The fourth-order valence-corrected chi connectivity index (χ4v) is 1.63. The summed E-state index contributed by atoms with van der Waals surface area (Å²) in [7, 11) is 1.63. The number of nitrogens with two attached hydrogens (primary N) is 1. The zero-order valence-corrected chi connectivity index (χ0v) is 9.99. The minimum Gasteiger partial charge on any atom is -0.382 e. The smallest absolute Gasteiger partial charge is 0.269 e. The highest BCUT2D eigenvalue weighted by Crippen LogP contribution is 2.24. The largest absolute Gasteiger partial charge is 0.382 e. The van der Waals surface area contributed by atoms with E-state index in [1.165, 1.54) is 28.9 Å². The van der Waals surface area contributed by atoms with E-state index in [9.17, 15) is 10.1 Å². The van der Waals surface area contributed by atoms with Gasteiger partial charge in [-0.05, 0) is 12.1 Å². The number of anilines is 2. The second-order valence-corrected chi connectivity index (χ2v) is 3.66. The topological polar surface area (TPSA) is 123 Å². The van der Waals surface area contributed by atoms with Gasteiger partial charge in [0.15, 0.2) is 5.82 Å². The Bertz CT molecular complexity index is 668. The number of nitrogens with one attached hydrogen (secondary N) is 1. The Balaban J connectivity index is 2.51. The van der Waals surface area contributed by atoms with Gasteiger partial charge in [0.25, 0.3) is 5.69 Å². The number of rotatable bonds is 3. The van der Waals surface area contributed by atoms with Gasteiger partial charge in [-0.3, -0.25) is 10.1 Å². The molecule has 0 aliphatic carbocycles. The third-order valence-corrected chi connectivity index (χ3v) is 2.57. The fraction of sp³-hybridized carbons (Fsp3) is 0.0909. The number of nitriles is 1. The monoisotopic (exact) mass is 258 g/mol. The number of nitro benzene ring substituents is 1. The van der Waals surface area contributed by atoms with E-state index >= 15 is 0 Å². The van der Waals surface area contributed by atoms with Crippen molar-refractivity contribution in [3.63, 3.8) is 0 Å². The normalized spacial score (nSPS) is 9.89. The standard InChI is InChI=1S/C11H10N6O2/c1-14-11-9(6-12)10(13)16(15-11)7-2-4-8(5-3-7)17(18)19/h2-5H,13H2,1H3,(H,14,15). The molecule has 2 aromatic rings. The number of nitro groups is 1. The minimum atomic E-state index is -0.490. The summed E-state index contributed by atoms with van der Waals surface area (Å²) in [5.41, 5.74) is 6.58. The first kappa shape index (κ1) is 12.4. The second-order valence-electron chi connectivity index (χ2n) is 3.66. The van der Waals surface area contributed by atoms with Crippen LogP contribution >= 0.6 is 0 Å². The van der Waals surface area contributed by atoms with E-state index < -0.39 is 4.92 Å². The number of benzene rings is 1. The number of hydrogen-bond donors (Lipinski definition) is 2. The van der Waals surface area contributed by atoms with Crippen LogP contribution < -0.4 is 11.1 Å². The maximum absolute atomic E-state index is 10.6. The number of nitrogen functional groups attached to an aromatic ring is 1. The Hall–Kier alpha value is -3.08. The van der Waals surface area contributed by atoms with Crippen LogP contribution in [0.3, 0.4) is 0 Å². The van der Waals surface area contributed by atoms with E-state index in [-0.39, 0.29) is 17.1 Å². The zero-order valence-electron chi connectivity index (χ0n) is 9.99. The molecule has 0 unspecified atom stereocenters. The molecule has 0 amide bonds. The molecule has 3 N–H and O–H groups in total. The van der Waals surface area contributed by atoms with Crippen LogP contribution in [0.25, 0.3) is 5.69 Å². The molecule has 0 radical (unpaired) electrons. The third-order valence-electron chi connectivity index (χ3n) is 2.57. The highest BCUT2D eigenvalue weighted by molar-refractivity contribution is 5.66. The first-order chi connectivity index (χ1) is 9.08. The summed E-state index contributed by atoms with van der Waals surface area (Å²) >= 11 is 0. The van der Waals surface area contributed by atoms with Gasteiger partial charge in [-0.25, -0.2) is 4.68 Å². The van der Waals surface area contributed by atoms with Crippen molar-refractivity contribution >= 4 is 17.3 Å². The van der Waals surface area contributed by atoms with Crippen molar-refractivity contribution in [2.75, 3.05) is 18.1 Å². The van der Waals surface area contributed by atoms with E-state index in [2.05, 4.69) is 10.4 Å². The quantitative estimate of drug-likeness (QED) is 0.631. The van der Waals surface area contributed by atoms with E-state index in [1.807, 2.05) is 6.07 Å². The van der Waals surface area contributed by atoms with E-state index in [0.29, 0.717) is 11.5 Å². The third kappa shape index (κ3) is 2.04. The summed E-state index contributed by atoms with van der Waals surface area (Å²) in [5, 5.41) is 26.5.